The third-order valence-electron chi connectivity index (χ3n) is 2.93. The third kappa shape index (κ3) is 5.01. The molecule has 2 rings (SSSR count). The molecule has 0 saturated carbocycles. The molecule has 0 radical (unpaired) electrons. The summed E-state index contributed by atoms with van der Waals surface area (Å²) in [6.07, 6.45) is 5.75. The normalized spacial score (nSPS) is 11.6. The Bertz CT molecular complexity index is 685. The second-order valence-corrected chi connectivity index (χ2v) is 6.53. The van der Waals surface area contributed by atoms with Crippen molar-refractivity contribution in [3.63, 3.8) is 0 Å². The Morgan fingerprint density at radius 1 is 1.18 bits per heavy atom. The largest absolute Gasteiger partial charge is 0.322 e. The highest BCUT2D eigenvalue weighted by molar-refractivity contribution is 6.29. The highest BCUT2D eigenvalue weighted by Gasteiger charge is 2.07. The average molecular weight is 315 g/mol. The first-order valence-corrected chi connectivity index (χ1v) is 7.43. The number of benzene rings is 1. The maximum Gasteiger partial charge on any atom is 0.255 e. The van der Waals surface area contributed by atoms with Crippen molar-refractivity contribution in [2.45, 2.75) is 20.8 Å². The molecule has 0 fully saturated rings. The minimum absolute atomic E-state index is 0.136. The number of nitrogens with zero attached hydrogens (tertiary/aromatic N) is 1. The number of anilines is 1. The van der Waals surface area contributed by atoms with Crippen LogP contribution >= 0.6 is 11.6 Å². The van der Waals surface area contributed by atoms with Crippen molar-refractivity contribution < 1.29 is 4.79 Å². The summed E-state index contributed by atoms with van der Waals surface area (Å²) < 4.78 is 0. The Kier molecular flexibility index (Phi) is 4.99. The van der Waals surface area contributed by atoms with Gasteiger partial charge < -0.3 is 5.32 Å². The Morgan fingerprint density at radius 3 is 2.45 bits per heavy atom. The average Bonchev–Trinajstić information content (AvgIpc) is 2.45. The van der Waals surface area contributed by atoms with Crippen molar-refractivity contribution in [2.75, 3.05) is 5.32 Å². The number of amides is 1. The van der Waals surface area contributed by atoms with Crippen LogP contribution in [0.4, 0.5) is 5.69 Å². The number of carbonyl (C=O) groups is 1. The van der Waals surface area contributed by atoms with Crippen LogP contribution in [0.2, 0.25) is 5.15 Å². The molecule has 0 unspecified atom stereocenters. The lowest BCUT2D eigenvalue weighted by molar-refractivity contribution is 0.102. The van der Waals surface area contributed by atoms with Crippen LogP contribution in [0.1, 0.15) is 36.7 Å². The van der Waals surface area contributed by atoms with Crippen molar-refractivity contribution in [1.29, 1.82) is 0 Å². The maximum absolute atomic E-state index is 12.2. The van der Waals surface area contributed by atoms with E-state index in [1.807, 2.05) is 12.1 Å². The lowest BCUT2D eigenvalue weighted by Gasteiger charge is -2.11. The summed E-state index contributed by atoms with van der Waals surface area (Å²) in [5, 5.41) is 3.14. The van der Waals surface area contributed by atoms with E-state index in [2.05, 4.69) is 43.2 Å². The number of carbonyl (C=O) groups excluding carboxylic acids is 1. The Hall–Kier alpha value is -2.13. The highest BCUT2D eigenvalue weighted by Crippen LogP contribution is 2.18. The molecular weight excluding hydrogens is 296 g/mol. The van der Waals surface area contributed by atoms with Crippen molar-refractivity contribution in [3.05, 3.63) is 65.0 Å². The molecule has 0 aliphatic carbocycles. The van der Waals surface area contributed by atoms with Gasteiger partial charge in [0.15, 0.2) is 0 Å². The number of hydrogen-bond acceptors (Lipinski definition) is 2. The summed E-state index contributed by atoms with van der Waals surface area (Å²) in [5.74, 6) is -0.173. The molecule has 22 heavy (non-hydrogen) atoms. The van der Waals surface area contributed by atoms with Gasteiger partial charge in [-0.05, 0) is 35.2 Å². The van der Waals surface area contributed by atoms with Crippen LogP contribution < -0.4 is 5.32 Å². The first-order valence-electron chi connectivity index (χ1n) is 7.06. The van der Waals surface area contributed by atoms with Crippen LogP contribution in [0.5, 0.6) is 0 Å². The Labute approximate surface area is 136 Å². The molecular formula is C18H19ClN2O. The summed E-state index contributed by atoms with van der Waals surface area (Å²) in [5.41, 5.74) is 2.43. The number of nitrogens with one attached hydrogen (secondary N) is 1. The zero-order valence-electron chi connectivity index (χ0n) is 12.9. The van der Waals surface area contributed by atoms with Gasteiger partial charge in [0, 0.05) is 17.4 Å². The van der Waals surface area contributed by atoms with Crippen molar-refractivity contribution in [3.8, 4) is 0 Å². The third-order valence-corrected chi connectivity index (χ3v) is 3.14. The molecule has 0 atom stereocenters. The molecule has 0 bridgehead atoms. The summed E-state index contributed by atoms with van der Waals surface area (Å²) in [6, 6.07) is 10.8. The predicted octanol–water partition coefficient (Wildman–Crippen LogP) is 5.05. The maximum atomic E-state index is 12.2. The van der Waals surface area contributed by atoms with E-state index in [1.54, 1.807) is 30.5 Å². The lowest BCUT2D eigenvalue weighted by atomic mass is 9.95. The fourth-order valence-electron chi connectivity index (χ4n) is 1.78. The molecule has 0 saturated heterocycles. The number of aromatic nitrogens is 1. The second kappa shape index (κ2) is 6.75. The minimum Gasteiger partial charge on any atom is -0.322 e. The fraction of sp³-hybridized carbons (Fsp3) is 0.222. The quantitative estimate of drug-likeness (QED) is 0.806. The van der Waals surface area contributed by atoms with Gasteiger partial charge in [-0.25, -0.2) is 4.98 Å². The smallest absolute Gasteiger partial charge is 0.255 e. The van der Waals surface area contributed by atoms with Gasteiger partial charge in [0.1, 0.15) is 5.15 Å². The van der Waals surface area contributed by atoms with Crippen LogP contribution in [0.15, 0.2) is 48.7 Å². The molecule has 0 aliphatic rings. The Balaban J connectivity index is 2.07. The van der Waals surface area contributed by atoms with Crippen LogP contribution in [-0.4, -0.2) is 10.9 Å². The highest BCUT2D eigenvalue weighted by atomic mass is 35.5. The molecule has 4 heteroatoms. The van der Waals surface area contributed by atoms with Gasteiger partial charge in [0.25, 0.3) is 5.91 Å². The van der Waals surface area contributed by atoms with Crippen LogP contribution in [0.3, 0.4) is 0 Å². The van der Waals surface area contributed by atoms with Gasteiger partial charge in [0.2, 0.25) is 0 Å². The molecule has 0 spiro atoms. The number of allylic oxidation sites excluding steroid dienone is 1. The Morgan fingerprint density at radius 2 is 1.86 bits per heavy atom. The zero-order valence-corrected chi connectivity index (χ0v) is 13.7. The standard InChI is InChI=1S/C18H19ClN2O/c1-18(2,3)10-8-13-4-6-14(7-5-13)17(22)21-15-9-11-20-16(19)12-15/h4-12H,1-3H3,(H,20,21,22)/b10-8+. The lowest BCUT2D eigenvalue weighted by Crippen LogP contribution is -2.11. The first kappa shape index (κ1) is 16.2. The van der Waals surface area contributed by atoms with Gasteiger partial charge in [0.05, 0.1) is 0 Å². The van der Waals surface area contributed by atoms with Gasteiger partial charge in [-0.2, -0.15) is 0 Å². The minimum atomic E-state index is -0.173. The molecule has 114 valence electrons. The van der Waals surface area contributed by atoms with Gasteiger partial charge in [-0.1, -0.05) is 56.7 Å². The van der Waals surface area contributed by atoms with E-state index in [0.29, 0.717) is 16.4 Å². The predicted molar refractivity (Wildman–Crippen MR) is 92.1 cm³/mol. The molecule has 1 heterocycles. The van der Waals surface area contributed by atoms with E-state index in [-0.39, 0.29) is 11.3 Å². The number of pyridine rings is 1. The monoisotopic (exact) mass is 314 g/mol. The van der Waals surface area contributed by atoms with Crippen LogP contribution in [-0.2, 0) is 0 Å². The molecule has 1 N–H and O–H groups in total. The topological polar surface area (TPSA) is 42.0 Å². The van der Waals surface area contributed by atoms with Gasteiger partial charge in [-0.3, -0.25) is 4.79 Å². The summed E-state index contributed by atoms with van der Waals surface area (Å²) in [7, 11) is 0. The van der Waals surface area contributed by atoms with Gasteiger partial charge >= 0.3 is 0 Å². The van der Waals surface area contributed by atoms with E-state index in [9.17, 15) is 4.79 Å². The van der Waals surface area contributed by atoms with E-state index in [0.717, 1.165) is 5.56 Å². The van der Waals surface area contributed by atoms with Crippen molar-refractivity contribution in [1.82, 2.24) is 4.98 Å². The second-order valence-electron chi connectivity index (χ2n) is 6.14. The van der Waals surface area contributed by atoms with Crippen molar-refractivity contribution in [2.24, 2.45) is 5.41 Å². The molecule has 2 aromatic rings. The molecule has 3 nitrogen and oxygen atoms in total. The molecule has 1 aromatic heterocycles. The number of halogens is 1. The SMILES string of the molecule is CC(C)(C)/C=C/c1ccc(C(=O)Nc2ccnc(Cl)c2)cc1. The summed E-state index contributed by atoms with van der Waals surface area (Å²) in [4.78, 5) is 16.0. The fourth-order valence-corrected chi connectivity index (χ4v) is 1.95. The first-order chi connectivity index (χ1) is 10.3. The van der Waals surface area contributed by atoms with E-state index >= 15 is 0 Å². The molecule has 1 amide bonds. The number of rotatable bonds is 3. The van der Waals surface area contributed by atoms with E-state index in [4.69, 9.17) is 11.6 Å². The van der Waals surface area contributed by atoms with E-state index in [1.165, 1.54) is 0 Å². The summed E-state index contributed by atoms with van der Waals surface area (Å²) >= 11 is 5.80. The number of hydrogen-bond donors (Lipinski definition) is 1. The van der Waals surface area contributed by atoms with E-state index < -0.39 is 0 Å². The zero-order chi connectivity index (χ0) is 16.2. The molecule has 0 aliphatic heterocycles. The summed E-state index contributed by atoms with van der Waals surface area (Å²) in [6.45, 7) is 6.43. The van der Waals surface area contributed by atoms with Crippen molar-refractivity contribution >= 4 is 29.3 Å². The van der Waals surface area contributed by atoms with Crippen LogP contribution in [0.25, 0.3) is 6.08 Å². The van der Waals surface area contributed by atoms with Gasteiger partial charge in [-0.15, -0.1) is 0 Å². The molecule has 1 aromatic carbocycles. The van der Waals surface area contributed by atoms with Crippen LogP contribution in [0, 0.1) is 5.41 Å².